The van der Waals surface area contributed by atoms with Crippen LogP contribution in [0.1, 0.15) is 58.8 Å². The third kappa shape index (κ3) is 3.74. The monoisotopic (exact) mass is 227 g/mol. The first kappa shape index (κ1) is 14.0. The van der Waals surface area contributed by atoms with Gasteiger partial charge in [-0.2, -0.15) is 0 Å². The smallest absolute Gasteiger partial charge is 0.0505 e. The molecular formula is C14H29NO. The Balaban J connectivity index is 2.49. The van der Waals surface area contributed by atoms with E-state index in [1.807, 2.05) is 0 Å². The Labute approximate surface area is 101 Å². The van der Waals surface area contributed by atoms with Crippen LogP contribution in [0.2, 0.25) is 0 Å². The number of rotatable bonds is 5. The number of methoxy groups -OCH3 is 1. The molecule has 1 rings (SSSR count). The number of ether oxygens (including phenoxy) is 1. The number of hydrogen-bond acceptors (Lipinski definition) is 2. The summed E-state index contributed by atoms with van der Waals surface area (Å²) < 4.78 is 5.26. The molecule has 96 valence electrons. The summed E-state index contributed by atoms with van der Waals surface area (Å²) in [6.45, 7) is 5.33. The lowest BCUT2D eigenvalue weighted by Crippen LogP contribution is -2.47. The molecule has 1 aliphatic carbocycles. The van der Waals surface area contributed by atoms with E-state index in [0.29, 0.717) is 5.92 Å². The molecular weight excluding hydrogens is 198 g/mol. The Kier molecular flexibility index (Phi) is 5.77. The first-order chi connectivity index (χ1) is 7.62. The van der Waals surface area contributed by atoms with Gasteiger partial charge in [0.2, 0.25) is 0 Å². The highest BCUT2D eigenvalue weighted by Gasteiger charge is 2.33. The van der Waals surface area contributed by atoms with Gasteiger partial charge in [0, 0.05) is 12.6 Å². The molecule has 0 bridgehead atoms. The highest BCUT2D eigenvalue weighted by Crippen LogP contribution is 2.35. The van der Waals surface area contributed by atoms with Crippen LogP contribution >= 0.6 is 0 Å². The van der Waals surface area contributed by atoms with E-state index >= 15 is 0 Å². The molecule has 3 unspecified atom stereocenters. The third-order valence-electron chi connectivity index (χ3n) is 4.37. The molecule has 3 atom stereocenters. The minimum atomic E-state index is 0.0263. The Morgan fingerprint density at radius 1 is 1.38 bits per heavy atom. The van der Waals surface area contributed by atoms with Crippen LogP contribution in [0.5, 0.6) is 0 Å². The molecule has 0 aliphatic heterocycles. The lowest BCUT2D eigenvalue weighted by atomic mass is 9.80. The van der Waals surface area contributed by atoms with Crippen molar-refractivity contribution in [2.75, 3.05) is 13.7 Å². The molecule has 2 N–H and O–H groups in total. The van der Waals surface area contributed by atoms with Crippen LogP contribution in [0.25, 0.3) is 0 Å². The summed E-state index contributed by atoms with van der Waals surface area (Å²) in [6.07, 6.45) is 9.06. The predicted octanol–water partition coefficient (Wildman–Crippen LogP) is 3.35. The van der Waals surface area contributed by atoms with Gasteiger partial charge in [-0.15, -0.1) is 0 Å². The fraction of sp³-hybridized carbons (Fsp3) is 1.00. The predicted molar refractivity (Wildman–Crippen MR) is 69.4 cm³/mol. The molecule has 16 heavy (non-hydrogen) atoms. The van der Waals surface area contributed by atoms with Crippen molar-refractivity contribution in [1.29, 1.82) is 0 Å². The first-order valence-electron chi connectivity index (χ1n) is 6.90. The molecule has 0 aromatic carbocycles. The van der Waals surface area contributed by atoms with E-state index in [9.17, 15) is 0 Å². The molecule has 1 fully saturated rings. The second-order valence-corrected chi connectivity index (χ2v) is 5.68. The van der Waals surface area contributed by atoms with Gasteiger partial charge in [-0.05, 0) is 31.1 Å². The van der Waals surface area contributed by atoms with E-state index in [4.69, 9.17) is 10.5 Å². The highest BCUT2D eigenvalue weighted by molar-refractivity contribution is 4.91. The maximum atomic E-state index is 6.57. The molecule has 0 radical (unpaired) electrons. The Morgan fingerprint density at radius 3 is 2.75 bits per heavy atom. The number of nitrogens with two attached hydrogens (primary N) is 1. The van der Waals surface area contributed by atoms with Gasteiger partial charge in [0.05, 0.1) is 6.61 Å². The van der Waals surface area contributed by atoms with Gasteiger partial charge in [0.25, 0.3) is 0 Å². The lowest BCUT2D eigenvalue weighted by Gasteiger charge is -2.34. The van der Waals surface area contributed by atoms with Crippen molar-refractivity contribution in [3.8, 4) is 0 Å². The summed E-state index contributed by atoms with van der Waals surface area (Å²) in [7, 11) is 1.77. The van der Waals surface area contributed by atoms with Crippen molar-refractivity contribution < 1.29 is 4.74 Å². The summed E-state index contributed by atoms with van der Waals surface area (Å²) in [5.74, 6) is 1.41. The van der Waals surface area contributed by atoms with E-state index in [1.165, 1.54) is 44.9 Å². The van der Waals surface area contributed by atoms with Crippen LogP contribution in [0.15, 0.2) is 0 Å². The SMILES string of the molecule is CCCC1CCCC(N)(C(C)COC)CC1. The zero-order valence-electron chi connectivity index (χ0n) is 11.3. The minimum Gasteiger partial charge on any atom is -0.384 e. The molecule has 0 spiro atoms. The molecule has 2 nitrogen and oxygen atoms in total. The zero-order chi connectivity index (χ0) is 12.0. The van der Waals surface area contributed by atoms with Gasteiger partial charge < -0.3 is 10.5 Å². The molecule has 2 heteroatoms. The summed E-state index contributed by atoms with van der Waals surface area (Å²) in [5.41, 5.74) is 6.59. The van der Waals surface area contributed by atoms with Crippen LogP contribution in [0.3, 0.4) is 0 Å². The molecule has 0 saturated heterocycles. The summed E-state index contributed by atoms with van der Waals surface area (Å²) in [5, 5.41) is 0. The third-order valence-corrected chi connectivity index (χ3v) is 4.37. The van der Waals surface area contributed by atoms with Gasteiger partial charge in [0.15, 0.2) is 0 Å². The molecule has 1 aliphatic rings. The van der Waals surface area contributed by atoms with Crippen molar-refractivity contribution in [2.24, 2.45) is 17.6 Å². The highest BCUT2D eigenvalue weighted by atomic mass is 16.5. The fourth-order valence-corrected chi connectivity index (χ4v) is 3.07. The lowest BCUT2D eigenvalue weighted by molar-refractivity contribution is 0.106. The second-order valence-electron chi connectivity index (χ2n) is 5.68. The van der Waals surface area contributed by atoms with E-state index < -0.39 is 0 Å². The summed E-state index contributed by atoms with van der Waals surface area (Å²) in [6, 6.07) is 0. The van der Waals surface area contributed by atoms with E-state index in [0.717, 1.165) is 12.5 Å². The average Bonchev–Trinajstić information content (AvgIpc) is 2.43. The van der Waals surface area contributed by atoms with Crippen LogP contribution in [0.4, 0.5) is 0 Å². The average molecular weight is 227 g/mol. The normalized spacial score (nSPS) is 33.4. The van der Waals surface area contributed by atoms with Crippen LogP contribution in [0, 0.1) is 11.8 Å². The van der Waals surface area contributed by atoms with Crippen LogP contribution < -0.4 is 5.73 Å². The number of hydrogen-bond donors (Lipinski definition) is 1. The van der Waals surface area contributed by atoms with Crippen molar-refractivity contribution >= 4 is 0 Å². The van der Waals surface area contributed by atoms with Crippen molar-refractivity contribution in [3.63, 3.8) is 0 Å². The minimum absolute atomic E-state index is 0.0263. The second kappa shape index (κ2) is 6.61. The standard InChI is InChI=1S/C14H29NO/c1-4-6-13-7-5-9-14(15,10-8-13)12(2)11-16-3/h12-13H,4-11,15H2,1-3H3. The van der Waals surface area contributed by atoms with Gasteiger partial charge in [-0.25, -0.2) is 0 Å². The Morgan fingerprint density at radius 2 is 2.12 bits per heavy atom. The molecule has 0 aromatic rings. The Bertz CT molecular complexity index is 195. The quantitative estimate of drug-likeness (QED) is 0.731. The fourth-order valence-electron chi connectivity index (χ4n) is 3.07. The largest absolute Gasteiger partial charge is 0.384 e. The first-order valence-corrected chi connectivity index (χ1v) is 6.90. The van der Waals surface area contributed by atoms with E-state index in [2.05, 4.69) is 13.8 Å². The Hall–Kier alpha value is -0.0800. The van der Waals surface area contributed by atoms with Crippen molar-refractivity contribution in [3.05, 3.63) is 0 Å². The maximum Gasteiger partial charge on any atom is 0.0505 e. The molecule has 0 aromatic heterocycles. The van der Waals surface area contributed by atoms with Gasteiger partial charge in [-0.3, -0.25) is 0 Å². The van der Waals surface area contributed by atoms with Crippen molar-refractivity contribution in [1.82, 2.24) is 0 Å². The maximum absolute atomic E-state index is 6.57. The summed E-state index contributed by atoms with van der Waals surface area (Å²) in [4.78, 5) is 0. The molecule has 1 saturated carbocycles. The van der Waals surface area contributed by atoms with Crippen LogP contribution in [-0.4, -0.2) is 19.3 Å². The van der Waals surface area contributed by atoms with Gasteiger partial charge >= 0.3 is 0 Å². The van der Waals surface area contributed by atoms with E-state index in [-0.39, 0.29) is 5.54 Å². The topological polar surface area (TPSA) is 35.2 Å². The van der Waals surface area contributed by atoms with Crippen LogP contribution in [-0.2, 0) is 4.74 Å². The van der Waals surface area contributed by atoms with Gasteiger partial charge in [-0.1, -0.05) is 39.5 Å². The molecule has 0 amide bonds. The molecule has 0 heterocycles. The zero-order valence-corrected chi connectivity index (χ0v) is 11.3. The van der Waals surface area contributed by atoms with Crippen molar-refractivity contribution in [2.45, 2.75) is 64.3 Å². The summed E-state index contributed by atoms with van der Waals surface area (Å²) >= 11 is 0. The van der Waals surface area contributed by atoms with E-state index in [1.54, 1.807) is 7.11 Å². The van der Waals surface area contributed by atoms with Gasteiger partial charge in [0.1, 0.15) is 0 Å².